The highest BCUT2D eigenvalue weighted by molar-refractivity contribution is 5.42. The Labute approximate surface area is 109 Å². The molecule has 1 heterocycles. The van der Waals surface area contributed by atoms with Gasteiger partial charge in [0.25, 0.3) is 0 Å². The Kier molecular flexibility index (Phi) is 2.88. The molecule has 0 unspecified atom stereocenters. The van der Waals surface area contributed by atoms with E-state index in [9.17, 15) is 0 Å². The van der Waals surface area contributed by atoms with Crippen molar-refractivity contribution < 1.29 is 0 Å². The Morgan fingerprint density at radius 3 is 2.67 bits per heavy atom. The molecule has 2 N–H and O–H groups in total. The van der Waals surface area contributed by atoms with Gasteiger partial charge in [0, 0.05) is 24.8 Å². The molecule has 4 heteroatoms. The zero-order valence-corrected chi connectivity index (χ0v) is 11.3. The fourth-order valence-corrected chi connectivity index (χ4v) is 2.75. The van der Waals surface area contributed by atoms with E-state index in [1.165, 1.54) is 25.7 Å². The molecular formula is C14H22N4. The number of nitrogens with one attached hydrogen (secondary N) is 2. The molecule has 2 aliphatic rings. The summed E-state index contributed by atoms with van der Waals surface area (Å²) >= 11 is 0. The van der Waals surface area contributed by atoms with Crippen LogP contribution in [-0.2, 0) is 0 Å². The second-order valence-electron chi connectivity index (χ2n) is 5.74. The van der Waals surface area contributed by atoms with Gasteiger partial charge in [-0.25, -0.2) is 4.98 Å². The number of hydrogen-bond acceptors (Lipinski definition) is 4. The average molecular weight is 246 g/mol. The van der Waals surface area contributed by atoms with E-state index in [2.05, 4.69) is 27.5 Å². The third-order valence-corrected chi connectivity index (χ3v) is 4.15. The monoisotopic (exact) mass is 246 g/mol. The summed E-state index contributed by atoms with van der Waals surface area (Å²) in [7, 11) is 0. The molecular weight excluding hydrogens is 224 g/mol. The summed E-state index contributed by atoms with van der Waals surface area (Å²) in [6, 6.07) is 2.03. The quantitative estimate of drug-likeness (QED) is 0.810. The van der Waals surface area contributed by atoms with Gasteiger partial charge in [0.15, 0.2) is 0 Å². The fraction of sp³-hybridized carbons (Fsp3) is 0.714. The van der Waals surface area contributed by atoms with Crippen LogP contribution in [0.1, 0.15) is 38.3 Å². The van der Waals surface area contributed by atoms with Gasteiger partial charge in [-0.1, -0.05) is 0 Å². The maximum absolute atomic E-state index is 4.50. The molecule has 3 rings (SSSR count). The van der Waals surface area contributed by atoms with Crippen molar-refractivity contribution in [3.8, 4) is 0 Å². The van der Waals surface area contributed by atoms with Crippen LogP contribution in [0, 0.1) is 18.3 Å². The predicted octanol–water partition coefficient (Wildman–Crippen LogP) is 2.82. The third kappa shape index (κ3) is 2.42. The molecule has 0 aliphatic heterocycles. The average Bonchev–Trinajstić information content (AvgIpc) is 3.19. The molecule has 0 bridgehead atoms. The van der Waals surface area contributed by atoms with Crippen LogP contribution in [0.25, 0.3) is 0 Å². The lowest BCUT2D eigenvalue weighted by Crippen LogP contribution is -2.18. The normalized spacial score (nSPS) is 20.6. The summed E-state index contributed by atoms with van der Waals surface area (Å²) in [6.07, 6.45) is 5.67. The minimum Gasteiger partial charge on any atom is -0.369 e. The van der Waals surface area contributed by atoms with Gasteiger partial charge in [-0.05, 0) is 50.9 Å². The Bertz CT molecular complexity index is 435. The van der Waals surface area contributed by atoms with E-state index in [-0.39, 0.29) is 0 Å². The van der Waals surface area contributed by atoms with Crippen LogP contribution in [0.5, 0.6) is 0 Å². The zero-order valence-electron chi connectivity index (χ0n) is 11.3. The van der Waals surface area contributed by atoms with Gasteiger partial charge in [-0.3, -0.25) is 0 Å². The van der Waals surface area contributed by atoms with Crippen molar-refractivity contribution in [2.24, 2.45) is 11.3 Å². The molecule has 1 aromatic heterocycles. The van der Waals surface area contributed by atoms with Crippen molar-refractivity contribution in [1.29, 1.82) is 0 Å². The maximum Gasteiger partial charge on any atom is 0.224 e. The predicted molar refractivity (Wildman–Crippen MR) is 73.8 cm³/mol. The number of rotatable bonds is 6. The van der Waals surface area contributed by atoms with Crippen LogP contribution in [0.2, 0.25) is 0 Å². The van der Waals surface area contributed by atoms with Gasteiger partial charge in [0.05, 0.1) is 0 Å². The molecule has 1 aromatic rings. The molecule has 2 aliphatic carbocycles. The zero-order chi connectivity index (χ0) is 12.6. The first-order chi connectivity index (χ1) is 8.72. The van der Waals surface area contributed by atoms with Crippen LogP contribution < -0.4 is 10.6 Å². The second-order valence-corrected chi connectivity index (χ2v) is 5.74. The molecule has 0 saturated heterocycles. The summed E-state index contributed by atoms with van der Waals surface area (Å²) in [5.74, 6) is 2.68. The lowest BCUT2D eigenvalue weighted by atomic mass is 10.0. The van der Waals surface area contributed by atoms with Crippen LogP contribution in [0.3, 0.4) is 0 Å². The SMILES string of the molecule is CCNc1nc(C)cc(NCC2(C3CC3)CC2)n1. The first-order valence-electron chi connectivity index (χ1n) is 7.05. The summed E-state index contributed by atoms with van der Waals surface area (Å²) < 4.78 is 0. The molecule has 2 fully saturated rings. The minimum absolute atomic E-state index is 0.608. The van der Waals surface area contributed by atoms with E-state index in [0.717, 1.165) is 36.5 Å². The molecule has 0 amide bonds. The second kappa shape index (κ2) is 4.41. The van der Waals surface area contributed by atoms with Crippen molar-refractivity contribution in [2.75, 3.05) is 23.7 Å². The Morgan fingerprint density at radius 2 is 2.06 bits per heavy atom. The maximum atomic E-state index is 4.50. The van der Waals surface area contributed by atoms with Crippen LogP contribution in [0.15, 0.2) is 6.07 Å². The van der Waals surface area contributed by atoms with Gasteiger partial charge in [0.2, 0.25) is 5.95 Å². The molecule has 0 spiro atoms. The van der Waals surface area contributed by atoms with Crippen molar-refractivity contribution in [3.05, 3.63) is 11.8 Å². The van der Waals surface area contributed by atoms with Crippen molar-refractivity contribution >= 4 is 11.8 Å². The summed E-state index contributed by atoms with van der Waals surface area (Å²) in [5, 5.41) is 6.69. The smallest absolute Gasteiger partial charge is 0.224 e. The highest BCUT2D eigenvalue weighted by Gasteiger charge is 2.53. The van der Waals surface area contributed by atoms with Crippen molar-refractivity contribution in [3.63, 3.8) is 0 Å². The third-order valence-electron chi connectivity index (χ3n) is 4.15. The van der Waals surface area contributed by atoms with Gasteiger partial charge in [-0.2, -0.15) is 4.98 Å². The highest BCUT2D eigenvalue weighted by Crippen LogP contribution is 2.61. The highest BCUT2D eigenvalue weighted by atomic mass is 15.1. The first kappa shape index (κ1) is 11.8. The van der Waals surface area contributed by atoms with E-state index in [1.54, 1.807) is 0 Å². The molecule has 0 aromatic carbocycles. The van der Waals surface area contributed by atoms with Gasteiger partial charge in [0.1, 0.15) is 5.82 Å². The lowest BCUT2D eigenvalue weighted by Gasteiger charge is -2.16. The van der Waals surface area contributed by atoms with Gasteiger partial charge in [-0.15, -0.1) is 0 Å². The largest absolute Gasteiger partial charge is 0.369 e. The first-order valence-corrected chi connectivity index (χ1v) is 7.05. The van der Waals surface area contributed by atoms with E-state index >= 15 is 0 Å². The van der Waals surface area contributed by atoms with E-state index in [4.69, 9.17) is 0 Å². The molecule has 4 nitrogen and oxygen atoms in total. The Morgan fingerprint density at radius 1 is 1.28 bits per heavy atom. The van der Waals surface area contributed by atoms with Crippen molar-refractivity contribution in [2.45, 2.75) is 39.5 Å². The van der Waals surface area contributed by atoms with Crippen LogP contribution in [-0.4, -0.2) is 23.1 Å². The number of nitrogens with zero attached hydrogens (tertiary/aromatic N) is 2. The standard InChI is InChI=1S/C14H22N4/c1-3-15-13-17-10(2)8-12(18-13)16-9-14(6-7-14)11-4-5-11/h8,11H,3-7,9H2,1-2H3,(H2,15,16,17,18). The molecule has 0 atom stereocenters. The number of anilines is 2. The number of aromatic nitrogens is 2. The number of hydrogen-bond donors (Lipinski definition) is 2. The topological polar surface area (TPSA) is 49.8 Å². The Balaban J connectivity index is 1.64. The van der Waals surface area contributed by atoms with Gasteiger partial charge >= 0.3 is 0 Å². The lowest BCUT2D eigenvalue weighted by molar-refractivity contribution is 0.466. The number of aryl methyl sites for hydroxylation is 1. The van der Waals surface area contributed by atoms with E-state index in [1.807, 2.05) is 13.0 Å². The molecule has 98 valence electrons. The fourth-order valence-electron chi connectivity index (χ4n) is 2.75. The molecule has 0 radical (unpaired) electrons. The van der Waals surface area contributed by atoms with Gasteiger partial charge < -0.3 is 10.6 Å². The van der Waals surface area contributed by atoms with Crippen LogP contribution in [0.4, 0.5) is 11.8 Å². The minimum atomic E-state index is 0.608. The molecule has 18 heavy (non-hydrogen) atoms. The summed E-state index contributed by atoms with van der Waals surface area (Å²) in [4.78, 5) is 8.87. The summed E-state index contributed by atoms with van der Waals surface area (Å²) in [5.41, 5.74) is 1.62. The van der Waals surface area contributed by atoms with E-state index < -0.39 is 0 Å². The summed E-state index contributed by atoms with van der Waals surface area (Å²) in [6.45, 7) is 6.02. The van der Waals surface area contributed by atoms with Crippen molar-refractivity contribution in [1.82, 2.24) is 9.97 Å². The van der Waals surface area contributed by atoms with E-state index in [0.29, 0.717) is 5.41 Å². The molecule has 2 saturated carbocycles. The Hall–Kier alpha value is -1.32. The van der Waals surface area contributed by atoms with Crippen LogP contribution >= 0.6 is 0 Å².